The molecule has 0 aromatic heterocycles. The van der Waals surface area contributed by atoms with Crippen molar-refractivity contribution in [3.8, 4) is 0 Å². The summed E-state index contributed by atoms with van der Waals surface area (Å²) in [5.41, 5.74) is 0. The van der Waals surface area contributed by atoms with Gasteiger partial charge in [0, 0.05) is 0 Å². The Bertz CT molecular complexity index is 349. The van der Waals surface area contributed by atoms with Crippen molar-refractivity contribution in [2.45, 2.75) is 32.6 Å². The first-order chi connectivity index (χ1) is 7.74. The molecule has 0 amide bonds. The Morgan fingerprint density at radius 2 is 1.94 bits per heavy atom. The van der Waals surface area contributed by atoms with Crippen LogP contribution in [0.4, 0.5) is 0 Å². The monoisotopic (exact) mass is 239 g/mol. The number of hydrogen-bond acceptors (Lipinski definition) is 3. The fraction of sp³-hybridized carbons (Fsp3) is 0.417. The van der Waals surface area contributed by atoms with Gasteiger partial charge in [0.15, 0.2) is 0 Å². The minimum atomic E-state index is -2.04. The lowest BCUT2D eigenvalue weighted by Gasteiger charge is -1.93. The van der Waals surface area contributed by atoms with Crippen LogP contribution in [0.1, 0.15) is 32.6 Å². The van der Waals surface area contributed by atoms with Gasteiger partial charge in [0.1, 0.15) is 0 Å². The van der Waals surface area contributed by atoms with Crippen LogP contribution in [-0.4, -0.2) is 5.97 Å². The predicted molar refractivity (Wildman–Crippen MR) is 63.9 cm³/mol. The zero-order valence-corrected chi connectivity index (χ0v) is 10.3. The molecule has 0 aliphatic carbocycles. The summed E-state index contributed by atoms with van der Waals surface area (Å²) in [6.45, 7) is 2.07. The Morgan fingerprint density at radius 1 is 1.25 bits per heavy atom. The van der Waals surface area contributed by atoms with Crippen LogP contribution in [0, 0.1) is 0 Å². The maximum Gasteiger partial charge on any atom is 0.600 e. The van der Waals surface area contributed by atoms with E-state index in [0.717, 1.165) is 19.3 Å². The molecule has 0 saturated carbocycles. The molecule has 0 heterocycles. The minimum absolute atomic E-state index is 0.349. The molecule has 86 valence electrons. The molecule has 4 heteroatoms. The number of rotatable bonds is 6. The van der Waals surface area contributed by atoms with Gasteiger partial charge in [-0.2, -0.15) is 0 Å². The van der Waals surface area contributed by atoms with Gasteiger partial charge in [-0.25, -0.2) is 9.32 Å². The Morgan fingerprint density at radius 3 is 2.56 bits per heavy atom. The average Bonchev–Trinajstić information content (AvgIpc) is 2.30. The van der Waals surface area contributed by atoms with E-state index in [1.165, 1.54) is 0 Å². The summed E-state index contributed by atoms with van der Waals surface area (Å²) >= 11 is 0. The summed E-state index contributed by atoms with van der Waals surface area (Å²) in [5, 5.41) is 0.557. The highest BCUT2D eigenvalue weighted by atomic mass is 31.1. The topological polar surface area (TPSA) is 43.4 Å². The number of hydrogen-bond donors (Lipinski definition) is 0. The number of carbonyl (C=O) groups is 1. The Labute approximate surface area is 96.7 Å². The summed E-state index contributed by atoms with van der Waals surface area (Å²) in [6, 6.07) is 8.76. The first-order valence-electron chi connectivity index (χ1n) is 5.47. The molecule has 1 rings (SSSR count). The molecule has 0 N–H and O–H groups in total. The molecule has 0 saturated heterocycles. The number of benzene rings is 1. The molecule has 0 aliphatic rings. The van der Waals surface area contributed by atoms with E-state index in [0.29, 0.717) is 11.7 Å². The van der Waals surface area contributed by atoms with Crippen molar-refractivity contribution in [2.24, 2.45) is 0 Å². The van der Waals surface area contributed by atoms with Crippen molar-refractivity contribution in [3.63, 3.8) is 0 Å². The van der Waals surface area contributed by atoms with Crippen LogP contribution >= 0.6 is 8.03 Å². The van der Waals surface area contributed by atoms with Gasteiger partial charge >= 0.3 is 14.0 Å². The largest absolute Gasteiger partial charge is 0.600 e. The third-order valence-corrected chi connectivity index (χ3v) is 3.23. The highest BCUT2D eigenvalue weighted by Gasteiger charge is 2.25. The van der Waals surface area contributed by atoms with E-state index in [-0.39, 0.29) is 5.97 Å². The maximum atomic E-state index is 11.6. The molecular formula is C12H16O3P+. The smallest absolute Gasteiger partial charge is 0.247 e. The summed E-state index contributed by atoms with van der Waals surface area (Å²) in [5.74, 6) is -0.376. The van der Waals surface area contributed by atoms with E-state index in [1.54, 1.807) is 24.3 Å². The molecule has 1 aromatic carbocycles. The van der Waals surface area contributed by atoms with Gasteiger partial charge in [-0.05, 0) is 23.1 Å². The lowest BCUT2D eigenvalue weighted by molar-refractivity contribution is -0.133. The highest BCUT2D eigenvalue weighted by Crippen LogP contribution is 2.22. The number of unbranched alkanes of at least 4 members (excludes halogenated alkanes) is 2. The third-order valence-electron chi connectivity index (χ3n) is 2.14. The quantitative estimate of drug-likeness (QED) is 0.565. The Balaban J connectivity index is 2.37. The zero-order valence-electron chi connectivity index (χ0n) is 9.39. The van der Waals surface area contributed by atoms with E-state index in [2.05, 4.69) is 6.92 Å². The summed E-state index contributed by atoms with van der Waals surface area (Å²) in [6.07, 6.45) is 3.20. The molecule has 1 aromatic rings. The molecule has 1 atom stereocenters. The molecule has 3 nitrogen and oxygen atoms in total. The number of carbonyl (C=O) groups excluding carboxylic acids is 1. The van der Waals surface area contributed by atoms with Gasteiger partial charge in [-0.1, -0.05) is 38.0 Å². The van der Waals surface area contributed by atoms with Crippen LogP contribution in [0.15, 0.2) is 30.3 Å². The van der Waals surface area contributed by atoms with Gasteiger partial charge in [-0.15, -0.1) is 0 Å². The van der Waals surface area contributed by atoms with Gasteiger partial charge in [-0.3, -0.25) is 0 Å². The maximum absolute atomic E-state index is 11.6. The molecular weight excluding hydrogens is 223 g/mol. The van der Waals surface area contributed by atoms with Gasteiger partial charge < -0.3 is 0 Å². The van der Waals surface area contributed by atoms with Crippen LogP contribution < -0.4 is 5.30 Å². The van der Waals surface area contributed by atoms with Crippen molar-refractivity contribution in [1.29, 1.82) is 0 Å². The van der Waals surface area contributed by atoms with Crippen LogP contribution in [0.3, 0.4) is 0 Å². The first-order valence-corrected chi connectivity index (χ1v) is 6.65. The average molecular weight is 239 g/mol. The van der Waals surface area contributed by atoms with Crippen LogP contribution in [0.2, 0.25) is 0 Å². The lowest BCUT2D eigenvalue weighted by Crippen LogP contribution is -2.03. The van der Waals surface area contributed by atoms with Gasteiger partial charge in [0.25, 0.3) is 0 Å². The molecule has 0 radical (unpaired) electrons. The van der Waals surface area contributed by atoms with E-state index in [9.17, 15) is 9.36 Å². The van der Waals surface area contributed by atoms with Crippen molar-refractivity contribution in [3.05, 3.63) is 30.3 Å². The minimum Gasteiger partial charge on any atom is -0.247 e. The van der Waals surface area contributed by atoms with Crippen LogP contribution in [-0.2, 0) is 13.9 Å². The van der Waals surface area contributed by atoms with Crippen molar-refractivity contribution < 1.29 is 13.9 Å². The van der Waals surface area contributed by atoms with Crippen molar-refractivity contribution >= 4 is 19.3 Å². The normalized spacial score (nSPS) is 10.9. The highest BCUT2D eigenvalue weighted by molar-refractivity contribution is 7.48. The summed E-state index contributed by atoms with van der Waals surface area (Å²) in [7, 11) is -2.04. The molecule has 0 spiro atoms. The van der Waals surface area contributed by atoms with Gasteiger partial charge in [0.2, 0.25) is 5.30 Å². The molecule has 1 unspecified atom stereocenters. The summed E-state index contributed by atoms with van der Waals surface area (Å²) < 4.78 is 16.4. The molecule has 16 heavy (non-hydrogen) atoms. The van der Waals surface area contributed by atoms with E-state index in [4.69, 9.17) is 4.52 Å². The van der Waals surface area contributed by atoms with Crippen molar-refractivity contribution in [1.82, 2.24) is 0 Å². The van der Waals surface area contributed by atoms with E-state index >= 15 is 0 Å². The fourth-order valence-corrected chi connectivity index (χ4v) is 2.06. The molecule has 0 aliphatic heterocycles. The van der Waals surface area contributed by atoms with Crippen LogP contribution in [0.5, 0.6) is 0 Å². The predicted octanol–water partition coefficient (Wildman–Crippen LogP) is 3.18. The second kappa shape index (κ2) is 7.13. The lowest BCUT2D eigenvalue weighted by atomic mass is 10.2. The SMILES string of the molecule is CCCCCC(=O)O[P+](=O)c1ccccc1. The molecule has 0 fully saturated rings. The van der Waals surface area contributed by atoms with Crippen molar-refractivity contribution in [2.75, 3.05) is 0 Å². The van der Waals surface area contributed by atoms with E-state index < -0.39 is 8.03 Å². The van der Waals surface area contributed by atoms with Crippen LogP contribution in [0.25, 0.3) is 0 Å². The zero-order chi connectivity index (χ0) is 11.8. The second-order valence-corrected chi connectivity index (χ2v) is 4.73. The third kappa shape index (κ3) is 4.54. The fourth-order valence-electron chi connectivity index (χ4n) is 1.26. The van der Waals surface area contributed by atoms with E-state index in [1.807, 2.05) is 6.07 Å². The Hall–Kier alpha value is -1.21. The van der Waals surface area contributed by atoms with Gasteiger partial charge in [0.05, 0.1) is 6.42 Å². The Kier molecular flexibility index (Phi) is 5.73. The standard InChI is InChI=1S/C12H16O3P/c1-2-3-5-10-12(13)15-16(14)11-8-6-4-7-9-11/h4,6-9H,2-3,5,10H2,1H3/q+1. The first kappa shape index (κ1) is 12.9. The molecule has 0 bridgehead atoms. The summed E-state index contributed by atoms with van der Waals surface area (Å²) in [4.78, 5) is 11.3. The second-order valence-electron chi connectivity index (χ2n) is 3.51.